The van der Waals surface area contributed by atoms with Crippen LogP contribution in [0.1, 0.15) is 27.8 Å². The van der Waals surface area contributed by atoms with Crippen molar-refractivity contribution in [1.82, 2.24) is 25.1 Å². The van der Waals surface area contributed by atoms with E-state index in [4.69, 9.17) is 4.42 Å². The van der Waals surface area contributed by atoms with E-state index in [0.29, 0.717) is 17.3 Å². The zero-order chi connectivity index (χ0) is 20.1. The van der Waals surface area contributed by atoms with E-state index in [2.05, 4.69) is 36.5 Å². The van der Waals surface area contributed by atoms with Gasteiger partial charge in [0.2, 0.25) is 0 Å². The number of fused-ring (bicyclic) bond motifs is 2. The predicted molar refractivity (Wildman–Crippen MR) is 110 cm³/mol. The maximum absolute atomic E-state index is 12.8. The maximum atomic E-state index is 12.8. The Kier molecular flexibility index (Phi) is 3.73. The lowest BCUT2D eigenvalue weighted by Gasteiger charge is -2.10. The van der Waals surface area contributed by atoms with E-state index in [1.54, 1.807) is 26.2 Å². The quantitative estimate of drug-likeness (QED) is 0.429. The van der Waals surface area contributed by atoms with Crippen molar-refractivity contribution in [1.29, 1.82) is 0 Å². The number of hydrogen-bond donors (Lipinski definition) is 3. The highest BCUT2D eigenvalue weighted by Crippen LogP contribution is 2.34. The van der Waals surface area contributed by atoms with Crippen LogP contribution in [0.15, 0.2) is 41.1 Å². The van der Waals surface area contributed by atoms with Crippen molar-refractivity contribution >= 4 is 33.5 Å². The van der Waals surface area contributed by atoms with Crippen molar-refractivity contribution in [2.45, 2.75) is 20.8 Å². The fourth-order valence-corrected chi connectivity index (χ4v) is 3.64. The van der Waals surface area contributed by atoms with Crippen LogP contribution in [-0.4, -0.2) is 31.1 Å². The van der Waals surface area contributed by atoms with Crippen LogP contribution in [0, 0.1) is 20.8 Å². The second-order valence-electron chi connectivity index (χ2n) is 7.02. The molecule has 0 aliphatic carbocycles. The first kappa shape index (κ1) is 17.2. The van der Waals surface area contributed by atoms with Crippen LogP contribution in [0.2, 0.25) is 0 Å². The summed E-state index contributed by atoms with van der Waals surface area (Å²) in [6.45, 7) is 5.43. The fourth-order valence-electron chi connectivity index (χ4n) is 3.64. The van der Waals surface area contributed by atoms with Crippen molar-refractivity contribution in [3.05, 3.63) is 59.7 Å². The molecule has 0 saturated heterocycles. The van der Waals surface area contributed by atoms with Crippen molar-refractivity contribution in [3.8, 4) is 11.1 Å². The number of oxazole rings is 1. The summed E-state index contributed by atoms with van der Waals surface area (Å²) in [6, 6.07) is 7.98. The molecule has 0 aliphatic rings. The third-order valence-electron chi connectivity index (χ3n) is 4.90. The van der Waals surface area contributed by atoms with Gasteiger partial charge in [-0.3, -0.25) is 9.89 Å². The molecule has 0 aliphatic heterocycles. The van der Waals surface area contributed by atoms with Gasteiger partial charge in [-0.15, -0.1) is 0 Å². The van der Waals surface area contributed by atoms with Crippen LogP contribution in [0.25, 0.3) is 33.1 Å². The van der Waals surface area contributed by atoms with Crippen LogP contribution in [0.4, 0.5) is 5.69 Å². The van der Waals surface area contributed by atoms with Crippen LogP contribution in [-0.2, 0) is 0 Å². The van der Waals surface area contributed by atoms with Crippen molar-refractivity contribution in [2.24, 2.45) is 0 Å². The minimum Gasteiger partial charge on any atom is -0.445 e. The van der Waals surface area contributed by atoms with Crippen LogP contribution < -0.4 is 5.32 Å². The minimum absolute atomic E-state index is 0.275. The van der Waals surface area contributed by atoms with Gasteiger partial charge in [0.1, 0.15) is 11.4 Å². The molecule has 5 rings (SSSR count). The topological polar surface area (TPSA) is 112 Å². The Morgan fingerprint density at radius 2 is 2.00 bits per heavy atom. The summed E-state index contributed by atoms with van der Waals surface area (Å²) in [6.07, 6.45) is 3.46. The third-order valence-corrected chi connectivity index (χ3v) is 4.90. The summed E-state index contributed by atoms with van der Waals surface area (Å²) in [7, 11) is 0. The van der Waals surface area contributed by atoms with Crippen molar-refractivity contribution in [2.75, 3.05) is 5.32 Å². The molecule has 1 aromatic carbocycles. The molecule has 1 amide bonds. The second kappa shape index (κ2) is 6.30. The predicted octanol–water partition coefficient (Wildman–Crippen LogP) is 4.27. The monoisotopic (exact) mass is 386 g/mol. The lowest BCUT2D eigenvalue weighted by atomic mass is 10.0. The second-order valence-corrected chi connectivity index (χ2v) is 7.02. The van der Waals surface area contributed by atoms with E-state index in [-0.39, 0.29) is 11.6 Å². The van der Waals surface area contributed by atoms with E-state index in [9.17, 15) is 4.79 Å². The Labute approximate surface area is 165 Å². The van der Waals surface area contributed by atoms with Gasteiger partial charge in [0.15, 0.2) is 11.6 Å². The minimum atomic E-state index is -0.323. The molecule has 0 spiro atoms. The van der Waals surface area contributed by atoms with E-state index in [0.717, 1.165) is 38.8 Å². The van der Waals surface area contributed by atoms with E-state index in [1.165, 1.54) is 0 Å². The normalized spacial score (nSPS) is 11.4. The number of hydrogen-bond acceptors (Lipinski definition) is 5. The molecule has 3 N–H and O–H groups in total. The van der Waals surface area contributed by atoms with Crippen LogP contribution in [0.5, 0.6) is 0 Å². The highest BCUT2D eigenvalue weighted by atomic mass is 16.4. The highest BCUT2D eigenvalue weighted by molar-refractivity contribution is 6.09. The SMILES string of the molecule is Cc1cc2c(-c3cc(NC(=O)c4nc(C)oc4C)c4cn[nH]c4c3)ccnc2[nH]1. The number of nitrogens with one attached hydrogen (secondary N) is 3. The highest BCUT2D eigenvalue weighted by Gasteiger charge is 2.18. The van der Waals surface area contributed by atoms with Crippen LogP contribution >= 0.6 is 0 Å². The van der Waals surface area contributed by atoms with Crippen molar-refractivity contribution in [3.63, 3.8) is 0 Å². The fraction of sp³-hybridized carbons (Fsp3) is 0.143. The largest absolute Gasteiger partial charge is 0.445 e. The number of aryl methyl sites for hydroxylation is 3. The summed E-state index contributed by atoms with van der Waals surface area (Å²) in [4.78, 5) is 24.6. The number of pyridine rings is 1. The Morgan fingerprint density at radius 1 is 1.14 bits per heavy atom. The molecule has 0 unspecified atom stereocenters. The first-order chi connectivity index (χ1) is 14.0. The zero-order valence-electron chi connectivity index (χ0n) is 16.1. The summed E-state index contributed by atoms with van der Waals surface area (Å²) in [5.41, 5.74) is 5.56. The molecule has 8 heteroatoms. The third kappa shape index (κ3) is 2.85. The van der Waals surface area contributed by atoms with Gasteiger partial charge in [0.05, 0.1) is 17.4 Å². The Morgan fingerprint density at radius 3 is 2.79 bits per heavy atom. The summed E-state index contributed by atoms with van der Waals surface area (Å²) in [5.74, 6) is 0.617. The van der Waals surface area contributed by atoms with E-state index in [1.807, 2.05) is 25.1 Å². The molecule has 0 radical (unpaired) electrons. The molecular weight excluding hydrogens is 368 g/mol. The molecular formula is C21H18N6O2. The number of aromatic nitrogens is 5. The molecule has 4 aromatic heterocycles. The Balaban J connectivity index is 1.64. The first-order valence-corrected chi connectivity index (χ1v) is 9.17. The first-order valence-electron chi connectivity index (χ1n) is 9.17. The number of amides is 1. The van der Waals surface area contributed by atoms with E-state index >= 15 is 0 Å². The molecule has 29 heavy (non-hydrogen) atoms. The average Bonchev–Trinajstić information content (AvgIpc) is 3.38. The molecule has 0 fully saturated rings. The maximum Gasteiger partial charge on any atom is 0.277 e. The number of nitrogens with zero attached hydrogens (tertiary/aromatic N) is 3. The number of H-pyrrole nitrogens is 2. The molecule has 0 atom stereocenters. The van der Waals surface area contributed by atoms with Gasteiger partial charge in [-0.1, -0.05) is 0 Å². The van der Waals surface area contributed by atoms with Gasteiger partial charge in [-0.05, 0) is 49.2 Å². The number of carbonyl (C=O) groups excluding carboxylic acids is 1. The summed E-state index contributed by atoms with van der Waals surface area (Å²) >= 11 is 0. The lowest BCUT2D eigenvalue weighted by Crippen LogP contribution is -2.14. The number of benzene rings is 1. The number of rotatable bonds is 3. The van der Waals surface area contributed by atoms with Crippen LogP contribution in [0.3, 0.4) is 0 Å². The van der Waals surface area contributed by atoms with Gasteiger partial charge in [0.25, 0.3) is 5.91 Å². The zero-order valence-corrected chi connectivity index (χ0v) is 16.1. The van der Waals surface area contributed by atoms with Gasteiger partial charge >= 0.3 is 0 Å². The number of aromatic amines is 2. The van der Waals surface area contributed by atoms with Gasteiger partial charge < -0.3 is 14.7 Å². The van der Waals surface area contributed by atoms with Gasteiger partial charge in [-0.2, -0.15) is 5.10 Å². The van der Waals surface area contributed by atoms with E-state index < -0.39 is 0 Å². The Bertz CT molecular complexity index is 1390. The molecule has 8 nitrogen and oxygen atoms in total. The lowest BCUT2D eigenvalue weighted by molar-refractivity contribution is 0.102. The molecule has 4 heterocycles. The number of carbonyl (C=O) groups is 1. The standard InChI is InChI=1S/C21H18N6O2/c1-10-6-15-14(4-5-22-20(15)24-10)13-7-17(16-9-23-27-18(16)8-13)26-21(28)19-11(2)29-12(3)25-19/h4-9H,1-3H3,(H,22,24)(H,23,27)(H,26,28). The van der Waals surface area contributed by atoms with Gasteiger partial charge in [0, 0.05) is 29.6 Å². The average molecular weight is 386 g/mol. The van der Waals surface area contributed by atoms with Crippen molar-refractivity contribution < 1.29 is 9.21 Å². The summed E-state index contributed by atoms with van der Waals surface area (Å²) in [5, 5.41) is 11.9. The molecule has 144 valence electrons. The summed E-state index contributed by atoms with van der Waals surface area (Å²) < 4.78 is 5.39. The molecule has 0 bridgehead atoms. The van der Waals surface area contributed by atoms with Gasteiger partial charge in [-0.25, -0.2) is 9.97 Å². The Hall–Kier alpha value is -3.94. The number of anilines is 1. The molecule has 0 saturated carbocycles. The molecule has 5 aromatic rings. The smallest absolute Gasteiger partial charge is 0.277 e.